The lowest BCUT2D eigenvalue weighted by Gasteiger charge is -2.52. The summed E-state index contributed by atoms with van der Waals surface area (Å²) in [5.41, 5.74) is 3.72. The molecule has 0 saturated carbocycles. The molecule has 0 radical (unpaired) electrons. The molecule has 2 saturated heterocycles. The van der Waals surface area contributed by atoms with Crippen LogP contribution >= 0.6 is 23.5 Å². The van der Waals surface area contributed by atoms with E-state index >= 15 is 0 Å². The summed E-state index contributed by atoms with van der Waals surface area (Å²) >= 11 is 3.98. The molecular weight excluding hydrogens is 446 g/mol. The Kier molecular flexibility index (Phi) is 7.08. The third kappa shape index (κ3) is 4.67. The molecule has 0 bridgehead atoms. The summed E-state index contributed by atoms with van der Waals surface area (Å²) in [6, 6.07) is 0.517. The summed E-state index contributed by atoms with van der Waals surface area (Å²) in [6.07, 6.45) is 0.814. The van der Waals surface area contributed by atoms with E-state index in [1.54, 1.807) is 0 Å². The molecule has 3 atom stereocenters. The van der Waals surface area contributed by atoms with Gasteiger partial charge in [-0.05, 0) is 11.5 Å². The average molecular weight is 488 g/mol. The number of fused-ring (bicyclic) bond motifs is 1. The zero-order valence-electron chi connectivity index (χ0n) is 21.3. The highest BCUT2D eigenvalue weighted by molar-refractivity contribution is 8.14. The van der Waals surface area contributed by atoms with E-state index < -0.39 is 0 Å². The molecule has 4 aliphatic heterocycles. The molecule has 2 fully saturated rings. The largest absolute Gasteiger partial charge is 0.498 e. The van der Waals surface area contributed by atoms with Crippen molar-refractivity contribution >= 4 is 28.7 Å². The molecule has 0 amide bonds. The molecule has 182 valence electrons. The smallest absolute Gasteiger partial charge is 0.159 e. The Morgan fingerprint density at radius 1 is 1.27 bits per heavy atom. The Labute approximate surface area is 209 Å². The van der Waals surface area contributed by atoms with Gasteiger partial charge in [-0.15, -0.1) is 11.8 Å². The highest BCUT2D eigenvalue weighted by Crippen LogP contribution is 2.58. The van der Waals surface area contributed by atoms with Crippen molar-refractivity contribution in [2.45, 2.75) is 59.3 Å². The van der Waals surface area contributed by atoms with Crippen molar-refractivity contribution in [1.82, 2.24) is 9.80 Å². The fraction of sp³-hybridized carbons (Fsp3) is 0.667. The lowest BCUT2D eigenvalue weighted by molar-refractivity contribution is 0.0802. The Hall–Kier alpha value is -1.27. The molecule has 0 aromatic rings. The normalized spacial score (nSPS) is 27.5. The standard InChI is InChI=1S/C27H41N3OS2/c1-16(2)22-19(5)30-23(17(3)10-12-31-20(6)27(7,8)9)25(18(4)24(22)30)33-21-14-29(15-21)26-28-11-13-32-26/h16,18,21-22,24H,3,5-6,10-15H2,1-2,4,7-9H3. The summed E-state index contributed by atoms with van der Waals surface area (Å²) in [7, 11) is 0. The second-order valence-electron chi connectivity index (χ2n) is 11.2. The van der Waals surface area contributed by atoms with Crippen LogP contribution in [0.1, 0.15) is 48.0 Å². The van der Waals surface area contributed by atoms with Gasteiger partial charge in [-0.2, -0.15) is 0 Å². The molecule has 33 heavy (non-hydrogen) atoms. The molecule has 3 unspecified atom stereocenters. The third-order valence-corrected chi connectivity index (χ3v) is 9.79. The second-order valence-corrected chi connectivity index (χ2v) is 13.6. The SMILES string of the molecule is C=C(CCOC(=C)C(C)(C)C)C1=C(SC2CN(C3=NCCS3)C2)C(C)C2C(C(C)C)C(=C)N12. The van der Waals surface area contributed by atoms with Gasteiger partial charge in [0.1, 0.15) is 0 Å². The topological polar surface area (TPSA) is 28.1 Å². The van der Waals surface area contributed by atoms with Gasteiger partial charge in [0.15, 0.2) is 5.17 Å². The Morgan fingerprint density at radius 3 is 2.55 bits per heavy atom. The fourth-order valence-corrected chi connectivity index (χ4v) is 7.68. The monoisotopic (exact) mass is 487 g/mol. The van der Waals surface area contributed by atoms with Crippen LogP contribution in [0.2, 0.25) is 0 Å². The first-order valence-corrected chi connectivity index (χ1v) is 14.2. The first-order valence-electron chi connectivity index (χ1n) is 12.3. The van der Waals surface area contributed by atoms with Crippen LogP contribution in [0.5, 0.6) is 0 Å². The third-order valence-electron chi connectivity index (χ3n) is 7.31. The number of thioether (sulfide) groups is 2. The van der Waals surface area contributed by atoms with Crippen LogP contribution in [0.4, 0.5) is 0 Å². The van der Waals surface area contributed by atoms with Gasteiger partial charge in [-0.25, -0.2) is 0 Å². The molecule has 6 heteroatoms. The molecule has 4 rings (SSSR count). The molecule has 4 aliphatic rings. The maximum Gasteiger partial charge on any atom is 0.159 e. The van der Waals surface area contributed by atoms with Gasteiger partial charge in [-0.1, -0.05) is 73.0 Å². The predicted octanol–water partition coefficient (Wildman–Crippen LogP) is 6.36. The quantitative estimate of drug-likeness (QED) is 0.371. The van der Waals surface area contributed by atoms with E-state index in [0.29, 0.717) is 35.7 Å². The number of aliphatic imine (C=N–C) groups is 1. The van der Waals surface area contributed by atoms with E-state index in [2.05, 4.69) is 87.8 Å². The van der Waals surface area contributed by atoms with Crippen molar-refractivity contribution < 1.29 is 4.74 Å². The fourth-order valence-electron chi connectivity index (χ4n) is 5.23. The molecule has 0 spiro atoms. The van der Waals surface area contributed by atoms with Gasteiger partial charge < -0.3 is 14.5 Å². The number of likely N-dealkylation sites (tertiary alicyclic amines) is 1. The van der Waals surface area contributed by atoms with E-state index in [4.69, 9.17) is 4.74 Å². The lowest BCUT2D eigenvalue weighted by atomic mass is 9.74. The zero-order chi connectivity index (χ0) is 24.1. The summed E-state index contributed by atoms with van der Waals surface area (Å²) in [5, 5.41) is 1.87. The first-order chi connectivity index (χ1) is 15.5. The van der Waals surface area contributed by atoms with Crippen molar-refractivity contribution in [3.05, 3.63) is 47.4 Å². The van der Waals surface area contributed by atoms with Crippen molar-refractivity contribution in [1.29, 1.82) is 0 Å². The van der Waals surface area contributed by atoms with Crippen LogP contribution in [0.3, 0.4) is 0 Å². The van der Waals surface area contributed by atoms with Gasteiger partial charge in [-0.3, -0.25) is 4.99 Å². The summed E-state index contributed by atoms with van der Waals surface area (Å²) in [5.74, 6) is 3.65. The van der Waals surface area contributed by atoms with Crippen molar-refractivity contribution in [3.8, 4) is 0 Å². The Bertz CT molecular complexity index is 892. The van der Waals surface area contributed by atoms with E-state index in [1.165, 1.54) is 27.0 Å². The molecule has 4 nitrogen and oxygen atoms in total. The van der Waals surface area contributed by atoms with Gasteiger partial charge in [0, 0.05) is 64.4 Å². The summed E-state index contributed by atoms with van der Waals surface area (Å²) in [4.78, 5) is 11.1. The number of allylic oxidation sites excluding steroid dienone is 2. The number of rotatable bonds is 8. The average Bonchev–Trinajstić information content (AvgIpc) is 3.29. The first kappa shape index (κ1) is 24.8. The number of amidine groups is 1. The van der Waals surface area contributed by atoms with Gasteiger partial charge >= 0.3 is 0 Å². The summed E-state index contributed by atoms with van der Waals surface area (Å²) < 4.78 is 6.00. The van der Waals surface area contributed by atoms with Crippen LogP contribution in [-0.4, -0.2) is 58.3 Å². The number of ether oxygens (including phenoxy) is 1. The minimum Gasteiger partial charge on any atom is -0.498 e. The van der Waals surface area contributed by atoms with Crippen LogP contribution < -0.4 is 0 Å². The Morgan fingerprint density at radius 2 is 1.97 bits per heavy atom. The maximum absolute atomic E-state index is 6.00. The predicted molar refractivity (Wildman–Crippen MR) is 145 cm³/mol. The van der Waals surface area contributed by atoms with E-state index in [1.807, 2.05) is 11.8 Å². The van der Waals surface area contributed by atoms with Crippen LogP contribution in [0.15, 0.2) is 52.4 Å². The molecule has 0 N–H and O–H groups in total. The molecular formula is C27H41N3OS2. The molecule has 0 aromatic carbocycles. The highest BCUT2D eigenvalue weighted by atomic mass is 32.2. The Balaban J connectivity index is 1.47. The molecule has 0 aliphatic carbocycles. The van der Waals surface area contributed by atoms with Crippen LogP contribution in [0, 0.1) is 23.2 Å². The molecule has 0 aromatic heterocycles. The number of hydrogen-bond donors (Lipinski definition) is 0. The summed E-state index contributed by atoms with van der Waals surface area (Å²) in [6.45, 7) is 30.4. The molecule has 4 heterocycles. The van der Waals surface area contributed by atoms with Gasteiger partial charge in [0.2, 0.25) is 0 Å². The van der Waals surface area contributed by atoms with E-state index in [-0.39, 0.29) is 5.41 Å². The lowest BCUT2D eigenvalue weighted by Crippen LogP contribution is -2.54. The van der Waals surface area contributed by atoms with Gasteiger partial charge in [0.05, 0.1) is 24.6 Å². The minimum atomic E-state index is -0.0389. The second kappa shape index (κ2) is 9.41. The van der Waals surface area contributed by atoms with Crippen molar-refractivity contribution in [2.75, 3.05) is 32.0 Å². The zero-order valence-corrected chi connectivity index (χ0v) is 23.0. The highest BCUT2D eigenvalue weighted by Gasteiger charge is 2.54. The number of hydrogen-bond acceptors (Lipinski definition) is 6. The van der Waals surface area contributed by atoms with Crippen molar-refractivity contribution in [2.24, 2.45) is 28.2 Å². The van der Waals surface area contributed by atoms with Crippen LogP contribution in [0.25, 0.3) is 0 Å². The van der Waals surface area contributed by atoms with Crippen molar-refractivity contribution in [3.63, 3.8) is 0 Å². The van der Waals surface area contributed by atoms with Gasteiger partial charge in [0.25, 0.3) is 0 Å². The minimum absolute atomic E-state index is 0.0389. The maximum atomic E-state index is 6.00. The number of nitrogens with zero attached hydrogens (tertiary/aromatic N) is 3. The van der Waals surface area contributed by atoms with Crippen LogP contribution in [-0.2, 0) is 4.74 Å². The van der Waals surface area contributed by atoms with E-state index in [9.17, 15) is 0 Å². The van der Waals surface area contributed by atoms with E-state index in [0.717, 1.165) is 37.6 Å².